The summed E-state index contributed by atoms with van der Waals surface area (Å²) in [5.41, 5.74) is 12.1. The van der Waals surface area contributed by atoms with Crippen molar-refractivity contribution in [3.8, 4) is 0 Å². The van der Waals surface area contributed by atoms with Crippen LogP contribution in [0.5, 0.6) is 0 Å². The van der Waals surface area contributed by atoms with Crippen molar-refractivity contribution in [3.05, 3.63) is 12.7 Å². The number of anilines is 1. The van der Waals surface area contributed by atoms with Gasteiger partial charge in [-0.2, -0.15) is 0 Å². The summed E-state index contributed by atoms with van der Waals surface area (Å²) < 4.78 is 7.41. The molecule has 0 spiro atoms. The van der Waals surface area contributed by atoms with Gasteiger partial charge in [-0.25, -0.2) is 15.0 Å². The van der Waals surface area contributed by atoms with Crippen molar-refractivity contribution in [3.63, 3.8) is 0 Å². The lowest BCUT2D eigenvalue weighted by Gasteiger charge is -2.16. The van der Waals surface area contributed by atoms with E-state index in [4.69, 9.17) is 21.3 Å². The highest BCUT2D eigenvalue weighted by Gasteiger charge is 2.46. The second-order valence-corrected chi connectivity index (χ2v) is 8.82. The van der Waals surface area contributed by atoms with Crippen LogP contribution in [0.25, 0.3) is 11.2 Å². The molecule has 13 heteroatoms. The molecule has 7 N–H and O–H groups in total. The minimum absolute atomic E-state index is 0. The van der Waals surface area contributed by atoms with Crippen LogP contribution < -0.4 is 23.9 Å². The fourth-order valence-electron chi connectivity index (χ4n) is 2.97. The minimum atomic E-state index is -1.16. The number of carboxylic acid groups (broad SMARTS) is 1. The Morgan fingerprint density at radius 2 is 2.07 bits per heavy atom. The van der Waals surface area contributed by atoms with E-state index >= 15 is 0 Å². The molecule has 2 aromatic rings. The molecule has 0 amide bonds. The minimum Gasteiger partial charge on any atom is -1.00 e. The van der Waals surface area contributed by atoms with Crippen LogP contribution in [0.4, 0.5) is 5.82 Å². The Balaban J connectivity index is 0.00000280. The number of aliphatic hydroxyl groups excluding tert-OH is 2. The number of fused-ring (bicyclic) bond motifs is 1. The van der Waals surface area contributed by atoms with Gasteiger partial charge < -0.3 is 43.9 Å². The molecule has 0 aromatic carbocycles. The number of nitrogens with zero attached hydrogens (tertiary/aromatic N) is 4. The average molecular weight is 440 g/mol. The molecule has 1 unspecified atom stereocenters. The number of aliphatic carboxylic acids is 1. The summed E-state index contributed by atoms with van der Waals surface area (Å²) in [4.78, 5) is 23.0. The van der Waals surface area contributed by atoms with Crippen LogP contribution in [0, 0.1) is 0 Å². The number of ether oxygens (including phenoxy) is 1. The zero-order valence-corrected chi connectivity index (χ0v) is 16.6. The van der Waals surface area contributed by atoms with Gasteiger partial charge in [0.25, 0.3) is 0 Å². The third-order valence-electron chi connectivity index (χ3n) is 4.54. The van der Waals surface area contributed by atoms with Gasteiger partial charge in [-0.3, -0.25) is 9.36 Å². The number of carbonyl (C=O) groups is 1. The van der Waals surface area contributed by atoms with Crippen molar-refractivity contribution in [2.45, 2.75) is 37.0 Å². The Morgan fingerprint density at radius 3 is 2.75 bits per heavy atom. The van der Waals surface area contributed by atoms with Crippen LogP contribution in [0.3, 0.4) is 0 Å². The third-order valence-corrected chi connectivity index (χ3v) is 6.37. The van der Waals surface area contributed by atoms with Gasteiger partial charge in [0.2, 0.25) is 0 Å². The SMILES string of the molecule is C[S+](CC[C@H](N)C(=O)O)[13CH2][13C@H]1O[13C@@H](n2cnc3c(N)ncnc32)[13C@H](O)[13C@@H]1O.[Cl-]. The summed E-state index contributed by atoms with van der Waals surface area (Å²) in [7, 11) is -0.235. The van der Waals surface area contributed by atoms with E-state index in [9.17, 15) is 15.0 Å². The Morgan fingerprint density at radius 1 is 1.36 bits per heavy atom. The van der Waals surface area contributed by atoms with Gasteiger partial charge >= 0.3 is 5.97 Å². The van der Waals surface area contributed by atoms with E-state index in [-0.39, 0.29) is 29.1 Å². The van der Waals surface area contributed by atoms with Crippen molar-refractivity contribution < 1.29 is 37.3 Å². The van der Waals surface area contributed by atoms with Crippen molar-refractivity contribution in [1.82, 2.24) is 19.5 Å². The largest absolute Gasteiger partial charge is 1.00 e. The Hall–Kier alpha value is -1.70. The van der Waals surface area contributed by atoms with E-state index < -0.39 is 36.6 Å². The van der Waals surface area contributed by atoms with Gasteiger partial charge in [0.05, 0.1) is 12.6 Å². The van der Waals surface area contributed by atoms with Gasteiger partial charge in [0, 0.05) is 6.42 Å². The second kappa shape index (κ2) is 9.20. The van der Waals surface area contributed by atoms with Gasteiger partial charge in [-0.05, 0) is 10.9 Å². The lowest BCUT2D eigenvalue weighted by Crippen LogP contribution is -3.00. The van der Waals surface area contributed by atoms with Crippen LogP contribution >= 0.6 is 0 Å². The number of nitrogen functional groups attached to an aromatic ring is 1. The van der Waals surface area contributed by atoms with Crippen LogP contribution in [0.15, 0.2) is 12.7 Å². The number of carboxylic acids is 1. The molecule has 156 valence electrons. The molecule has 3 rings (SSSR count). The summed E-state index contributed by atoms with van der Waals surface area (Å²) in [6.07, 6.45) is 1.31. The summed E-state index contributed by atoms with van der Waals surface area (Å²) in [6.45, 7) is 0. The van der Waals surface area contributed by atoms with Crippen molar-refractivity contribution >= 4 is 33.8 Å². The molecular formula is C15H23ClN6O5S. The molecule has 6 atom stereocenters. The smallest absolute Gasteiger partial charge is 0.320 e. The monoisotopic (exact) mass is 439 g/mol. The highest BCUT2D eigenvalue weighted by Crippen LogP contribution is 2.32. The number of nitrogens with two attached hydrogens (primary N) is 2. The lowest BCUT2D eigenvalue weighted by atomic mass is 10.2. The summed E-state index contributed by atoms with van der Waals surface area (Å²) >= 11 is 0. The first kappa shape index (κ1) is 22.6. The molecule has 1 fully saturated rings. The van der Waals surface area contributed by atoms with Gasteiger partial charge in [-0.1, -0.05) is 0 Å². The van der Waals surface area contributed by atoms with Crippen LogP contribution in [0.1, 0.15) is 12.6 Å². The zero-order valence-electron chi connectivity index (χ0n) is 15.1. The third kappa shape index (κ3) is 4.47. The molecule has 0 saturated carbocycles. The molecule has 1 aliphatic rings. The van der Waals surface area contributed by atoms with Crippen LogP contribution in [-0.2, 0) is 20.4 Å². The maximum Gasteiger partial charge on any atom is 0.320 e. The zero-order chi connectivity index (χ0) is 19.7. The Kier molecular flexibility index (Phi) is 7.42. The van der Waals surface area contributed by atoms with Crippen molar-refractivity contribution in [1.29, 1.82) is 0 Å². The highest BCUT2D eigenvalue weighted by atomic mass is 35.5. The molecule has 0 bridgehead atoms. The second-order valence-electron chi connectivity index (χ2n) is 6.51. The Bertz CT molecular complexity index is 825. The maximum atomic E-state index is 10.8. The van der Waals surface area contributed by atoms with E-state index in [1.807, 2.05) is 6.26 Å². The summed E-state index contributed by atoms with van der Waals surface area (Å²) in [5, 5.41) is 29.7. The van der Waals surface area contributed by atoms with Crippen molar-refractivity contribution in [2.24, 2.45) is 5.73 Å². The molecule has 3 heterocycles. The van der Waals surface area contributed by atoms with E-state index in [1.54, 1.807) is 0 Å². The number of aromatic nitrogens is 4. The topological polar surface area (TPSA) is 183 Å². The number of imidazole rings is 1. The summed E-state index contributed by atoms with van der Waals surface area (Å²) in [5.74, 6) is 0.254. The molecule has 1 aliphatic heterocycles. The molecule has 28 heavy (non-hydrogen) atoms. The predicted molar refractivity (Wildman–Crippen MR) is 98.9 cm³/mol. The average Bonchev–Trinajstić information content (AvgIpc) is 3.17. The lowest BCUT2D eigenvalue weighted by molar-refractivity contribution is -0.138. The van der Waals surface area contributed by atoms with Gasteiger partial charge in [0.1, 0.15) is 47.7 Å². The fraction of sp³-hybridized carbons (Fsp3) is 0.600. The van der Waals surface area contributed by atoms with Crippen molar-refractivity contribution in [2.75, 3.05) is 23.5 Å². The first-order chi connectivity index (χ1) is 12.8. The van der Waals surface area contributed by atoms with E-state index in [0.29, 0.717) is 29.1 Å². The standard InChI is InChI=1S/C15H22N6O5S.ClH/c1-27(3-2-7(16)15(24)25)4-8-10(22)11(23)14(26-8)21-6-20-9-12(17)18-5-19-13(9)21;/h5-8,10-11,14,22-23H,2-4,16H2,1H3,(H2-,17,18,19,24,25);1H/t7-,8+,10+,11+,14+,27?;/m0./s1/i4+1,8+1,10+1,11+1,14+1;. The number of halogens is 1. The first-order valence-corrected chi connectivity index (χ1v) is 10.3. The predicted octanol–water partition coefficient (Wildman–Crippen LogP) is -4.92. The van der Waals surface area contributed by atoms with Gasteiger partial charge in [0.15, 0.2) is 17.7 Å². The number of hydrogen-bond donors (Lipinski definition) is 5. The molecule has 2 aromatic heterocycles. The Labute approximate surface area is 169 Å². The van der Waals surface area contributed by atoms with E-state index in [2.05, 4.69) is 15.0 Å². The fourth-order valence-corrected chi connectivity index (χ4v) is 4.63. The molecule has 0 aliphatic carbocycles. The number of aliphatic hydroxyl groups is 2. The summed E-state index contributed by atoms with van der Waals surface area (Å²) in [6, 6.07) is -0.907. The number of hydrogen-bond acceptors (Lipinski definition) is 9. The quantitative estimate of drug-likeness (QED) is 0.207. The first-order valence-electron chi connectivity index (χ1n) is 8.31. The molecule has 0 radical (unpaired) electrons. The van der Waals surface area contributed by atoms with E-state index in [0.717, 1.165) is 0 Å². The van der Waals surface area contributed by atoms with E-state index in [1.165, 1.54) is 17.2 Å². The van der Waals surface area contributed by atoms with Crippen LogP contribution in [0.2, 0.25) is 0 Å². The maximum absolute atomic E-state index is 10.8. The normalized spacial score (nSPS) is 26.7. The van der Waals surface area contributed by atoms with Crippen LogP contribution in [-0.4, -0.2) is 82.9 Å². The van der Waals surface area contributed by atoms with Gasteiger partial charge in [-0.15, -0.1) is 0 Å². The highest BCUT2D eigenvalue weighted by molar-refractivity contribution is 7.96. The molecule has 11 nitrogen and oxygen atoms in total. The molecule has 1 saturated heterocycles. The number of rotatable bonds is 7. The molecular weight excluding hydrogens is 417 g/mol.